The zero-order valence-corrected chi connectivity index (χ0v) is 16.4. The largest absolute Gasteiger partial charge is 0.365 e. The zero-order valence-electron chi connectivity index (χ0n) is 15.6. The molecule has 27 heavy (non-hydrogen) atoms. The van der Waals surface area contributed by atoms with E-state index in [2.05, 4.69) is 5.32 Å². The molecule has 0 aliphatic heterocycles. The van der Waals surface area contributed by atoms with Crippen molar-refractivity contribution in [3.05, 3.63) is 53.1 Å². The van der Waals surface area contributed by atoms with E-state index >= 15 is 0 Å². The molecule has 0 aromatic heterocycles. The molecular formula is C19H22F2N2O3S. The van der Waals surface area contributed by atoms with Gasteiger partial charge in [-0.15, -0.1) is 0 Å². The van der Waals surface area contributed by atoms with Crippen molar-refractivity contribution in [2.24, 2.45) is 0 Å². The zero-order chi connectivity index (χ0) is 20.4. The van der Waals surface area contributed by atoms with E-state index in [4.69, 9.17) is 0 Å². The Kier molecular flexibility index (Phi) is 6.20. The average Bonchev–Trinajstić information content (AvgIpc) is 2.58. The summed E-state index contributed by atoms with van der Waals surface area (Å²) in [5, 5.41) is 2.88. The molecule has 0 saturated heterocycles. The number of benzene rings is 2. The Morgan fingerprint density at radius 1 is 1.07 bits per heavy atom. The van der Waals surface area contributed by atoms with E-state index in [1.807, 2.05) is 32.9 Å². The smallest absolute Gasteiger partial charge is 0.341 e. The number of nitrogens with zero attached hydrogens (tertiary/aromatic N) is 1. The van der Waals surface area contributed by atoms with Gasteiger partial charge in [-0.05, 0) is 56.2 Å². The Balaban J connectivity index is 2.09. The summed E-state index contributed by atoms with van der Waals surface area (Å²) in [4.78, 5) is 13.5. The molecular weight excluding hydrogens is 374 g/mol. The molecule has 0 fully saturated rings. The van der Waals surface area contributed by atoms with Gasteiger partial charge in [-0.3, -0.25) is 4.79 Å². The van der Waals surface area contributed by atoms with E-state index in [1.54, 1.807) is 11.9 Å². The van der Waals surface area contributed by atoms with Crippen LogP contribution in [0.5, 0.6) is 0 Å². The van der Waals surface area contributed by atoms with Crippen molar-refractivity contribution in [1.29, 1.82) is 0 Å². The van der Waals surface area contributed by atoms with Crippen LogP contribution in [0.15, 0.2) is 41.3 Å². The van der Waals surface area contributed by atoms with Gasteiger partial charge in [-0.2, -0.15) is 8.78 Å². The van der Waals surface area contributed by atoms with Crippen LogP contribution in [0, 0.1) is 20.8 Å². The summed E-state index contributed by atoms with van der Waals surface area (Å²) >= 11 is 0. The highest BCUT2D eigenvalue weighted by molar-refractivity contribution is 7.91. The molecule has 5 nitrogen and oxygen atoms in total. The molecule has 0 spiro atoms. The predicted octanol–water partition coefficient (Wildman–Crippen LogP) is 3.68. The average molecular weight is 396 g/mol. The highest BCUT2D eigenvalue weighted by Gasteiger charge is 2.26. The normalized spacial score (nSPS) is 11.5. The number of sulfone groups is 1. The number of amides is 1. The van der Waals surface area contributed by atoms with Gasteiger partial charge in [0.25, 0.3) is 0 Å². The fraction of sp³-hybridized carbons (Fsp3) is 0.316. The van der Waals surface area contributed by atoms with Crippen LogP contribution in [0.3, 0.4) is 0 Å². The van der Waals surface area contributed by atoms with Crippen LogP contribution < -0.4 is 10.2 Å². The van der Waals surface area contributed by atoms with Crippen molar-refractivity contribution < 1.29 is 22.0 Å². The second-order valence-electron chi connectivity index (χ2n) is 6.48. The number of alkyl halides is 2. The summed E-state index contributed by atoms with van der Waals surface area (Å²) in [5.74, 6) is -3.70. The molecule has 8 heteroatoms. The Bertz CT molecular complexity index is 919. The highest BCUT2D eigenvalue weighted by Crippen LogP contribution is 2.23. The molecule has 0 heterocycles. The molecule has 2 rings (SSSR count). The minimum absolute atomic E-state index is 0.0215. The third-order valence-electron chi connectivity index (χ3n) is 4.16. The van der Waals surface area contributed by atoms with Gasteiger partial charge < -0.3 is 10.2 Å². The number of rotatable bonds is 6. The van der Waals surface area contributed by atoms with Crippen molar-refractivity contribution in [3.8, 4) is 0 Å². The minimum atomic E-state index is -4.63. The summed E-state index contributed by atoms with van der Waals surface area (Å²) in [6.45, 7) is 5.84. The number of carbonyl (C=O) groups excluding carboxylic acids is 1. The first-order chi connectivity index (χ1) is 12.5. The summed E-state index contributed by atoms with van der Waals surface area (Å²) in [5.41, 5.74) is 4.34. The number of hydrogen-bond acceptors (Lipinski definition) is 4. The number of anilines is 2. The van der Waals surface area contributed by atoms with Gasteiger partial charge >= 0.3 is 5.76 Å². The van der Waals surface area contributed by atoms with Crippen LogP contribution in [-0.2, 0) is 14.6 Å². The van der Waals surface area contributed by atoms with Crippen LogP contribution in [-0.4, -0.2) is 33.7 Å². The number of carbonyl (C=O) groups is 1. The Labute approximate surface area is 157 Å². The fourth-order valence-corrected chi connectivity index (χ4v) is 3.58. The first-order valence-electron chi connectivity index (χ1n) is 8.23. The van der Waals surface area contributed by atoms with Crippen molar-refractivity contribution >= 4 is 27.1 Å². The lowest BCUT2D eigenvalue weighted by Crippen LogP contribution is -2.30. The van der Waals surface area contributed by atoms with E-state index in [0.29, 0.717) is 5.69 Å². The SMILES string of the molecule is Cc1cc(C)c(NC(=O)CN(C)c2ccc(S(=O)(=O)C(F)F)cc2)c(C)c1. The molecule has 1 N–H and O–H groups in total. The van der Waals surface area contributed by atoms with Crippen molar-refractivity contribution in [1.82, 2.24) is 0 Å². The molecule has 2 aromatic rings. The number of halogens is 2. The molecule has 2 aromatic carbocycles. The molecule has 0 radical (unpaired) electrons. The number of hydrogen-bond donors (Lipinski definition) is 1. The molecule has 0 bridgehead atoms. The van der Waals surface area contributed by atoms with Crippen LogP contribution >= 0.6 is 0 Å². The first-order valence-corrected chi connectivity index (χ1v) is 9.78. The van der Waals surface area contributed by atoms with Crippen LogP contribution in [0.2, 0.25) is 0 Å². The third kappa shape index (κ3) is 4.82. The molecule has 0 aliphatic carbocycles. The predicted molar refractivity (Wildman–Crippen MR) is 102 cm³/mol. The first kappa shape index (κ1) is 20.8. The van der Waals surface area contributed by atoms with Crippen molar-refractivity contribution in [3.63, 3.8) is 0 Å². The second-order valence-corrected chi connectivity index (χ2v) is 8.40. The lowest BCUT2D eigenvalue weighted by molar-refractivity contribution is -0.114. The monoisotopic (exact) mass is 396 g/mol. The van der Waals surface area contributed by atoms with Crippen LogP contribution in [0.1, 0.15) is 16.7 Å². The van der Waals surface area contributed by atoms with Gasteiger partial charge in [0.15, 0.2) is 0 Å². The molecule has 1 amide bonds. The lowest BCUT2D eigenvalue weighted by Gasteiger charge is -2.20. The summed E-state index contributed by atoms with van der Waals surface area (Å²) in [7, 11) is -2.97. The standard InChI is InChI=1S/C19H22F2N2O3S/c1-12-9-13(2)18(14(3)10-12)22-17(24)11-23(4)15-5-7-16(8-6-15)27(25,26)19(20)21/h5-10,19H,11H2,1-4H3,(H,22,24). The number of nitrogens with one attached hydrogen (secondary N) is 1. The maximum atomic E-state index is 12.6. The maximum Gasteiger partial charge on any atom is 0.341 e. The van der Waals surface area contributed by atoms with Gasteiger partial charge in [0.05, 0.1) is 11.4 Å². The number of likely N-dealkylation sites (N-methyl/N-ethyl adjacent to an activating group) is 1. The van der Waals surface area contributed by atoms with E-state index in [1.165, 1.54) is 12.1 Å². The Morgan fingerprint density at radius 3 is 2.07 bits per heavy atom. The maximum absolute atomic E-state index is 12.6. The van der Waals surface area contributed by atoms with Crippen LogP contribution in [0.4, 0.5) is 20.2 Å². The Hall–Kier alpha value is -2.48. The van der Waals surface area contributed by atoms with Crippen LogP contribution in [0.25, 0.3) is 0 Å². The molecule has 0 atom stereocenters. The van der Waals surface area contributed by atoms with Gasteiger partial charge in [0.1, 0.15) is 0 Å². The third-order valence-corrected chi connectivity index (χ3v) is 5.56. The Morgan fingerprint density at radius 2 is 1.59 bits per heavy atom. The van der Waals surface area contributed by atoms with E-state index < -0.39 is 20.5 Å². The topological polar surface area (TPSA) is 66.5 Å². The van der Waals surface area contributed by atoms with Gasteiger partial charge in [-0.25, -0.2) is 8.42 Å². The van der Waals surface area contributed by atoms with Gasteiger partial charge in [0.2, 0.25) is 15.7 Å². The molecule has 0 aliphatic rings. The summed E-state index contributed by atoms with van der Waals surface area (Å²) in [6.07, 6.45) is 0. The second kappa shape index (κ2) is 8.04. The van der Waals surface area contributed by atoms with Gasteiger partial charge in [0, 0.05) is 18.4 Å². The lowest BCUT2D eigenvalue weighted by atomic mass is 10.1. The molecule has 0 saturated carbocycles. The minimum Gasteiger partial charge on any atom is -0.365 e. The van der Waals surface area contributed by atoms with Crippen molar-refractivity contribution in [2.45, 2.75) is 31.4 Å². The number of aryl methyl sites for hydroxylation is 3. The summed E-state index contributed by atoms with van der Waals surface area (Å²) < 4.78 is 48.1. The van der Waals surface area contributed by atoms with Crippen molar-refractivity contribution in [2.75, 3.05) is 23.8 Å². The molecule has 0 unspecified atom stereocenters. The highest BCUT2D eigenvalue weighted by atomic mass is 32.2. The summed E-state index contributed by atoms with van der Waals surface area (Å²) in [6, 6.07) is 8.97. The van der Waals surface area contributed by atoms with E-state index in [9.17, 15) is 22.0 Å². The fourth-order valence-electron chi connectivity index (χ4n) is 2.86. The quantitative estimate of drug-likeness (QED) is 0.809. The molecule has 146 valence electrons. The van der Waals surface area contributed by atoms with E-state index in [0.717, 1.165) is 34.5 Å². The van der Waals surface area contributed by atoms with E-state index in [-0.39, 0.29) is 12.5 Å². The van der Waals surface area contributed by atoms with Gasteiger partial charge in [-0.1, -0.05) is 17.7 Å².